The Morgan fingerprint density at radius 3 is 2.71 bits per heavy atom. The van der Waals surface area contributed by atoms with Gasteiger partial charge in [0.15, 0.2) is 0 Å². The van der Waals surface area contributed by atoms with Crippen LogP contribution in [0.5, 0.6) is 0 Å². The molecule has 0 aliphatic heterocycles. The number of benzene rings is 1. The lowest BCUT2D eigenvalue weighted by molar-refractivity contribution is 0.577. The smallest absolute Gasteiger partial charge is 0.123 e. The average Bonchev–Trinajstić information content (AvgIpc) is 2.29. The normalized spacial score (nSPS) is 14.4. The topological polar surface area (TPSA) is 38.9 Å². The van der Waals surface area contributed by atoms with Gasteiger partial charge < -0.3 is 5.73 Å². The molecule has 88 valence electrons. The summed E-state index contributed by atoms with van der Waals surface area (Å²) in [7, 11) is 0. The second-order valence-corrected chi connectivity index (χ2v) is 4.40. The number of aromatic nitrogens is 1. The molecule has 0 spiro atoms. The van der Waals surface area contributed by atoms with Crippen molar-refractivity contribution in [1.82, 2.24) is 4.98 Å². The third kappa shape index (κ3) is 2.19. The molecular weight excluding hydrogens is 215 g/mol. The second kappa shape index (κ2) is 4.26. The van der Waals surface area contributed by atoms with Gasteiger partial charge in [0.2, 0.25) is 0 Å². The van der Waals surface area contributed by atoms with Gasteiger partial charge in [-0.25, -0.2) is 4.39 Å². The molecule has 0 aliphatic carbocycles. The molecule has 0 radical (unpaired) electrons. The van der Waals surface area contributed by atoms with Crippen LogP contribution in [0.25, 0.3) is 0 Å². The fraction of sp³-hybridized carbons (Fsp3) is 0.214. The minimum atomic E-state index is -0.736. The van der Waals surface area contributed by atoms with Gasteiger partial charge in [-0.3, -0.25) is 4.98 Å². The highest BCUT2D eigenvalue weighted by Gasteiger charge is 2.25. The van der Waals surface area contributed by atoms with Gasteiger partial charge in [0.05, 0.1) is 5.54 Å². The Bertz CT molecular complexity index is 535. The molecule has 0 fully saturated rings. The zero-order chi connectivity index (χ0) is 12.5. The first-order chi connectivity index (χ1) is 8.01. The van der Waals surface area contributed by atoms with Gasteiger partial charge in [0.1, 0.15) is 5.82 Å². The van der Waals surface area contributed by atoms with Crippen LogP contribution in [0.1, 0.15) is 23.6 Å². The standard InChI is InChI=1S/C14H15FN2/c1-10-6-7-17-9-13(10)14(2,16)11-4-3-5-12(15)8-11/h3-9H,16H2,1-2H3. The Morgan fingerprint density at radius 2 is 2.06 bits per heavy atom. The van der Waals surface area contributed by atoms with E-state index in [2.05, 4.69) is 4.98 Å². The lowest BCUT2D eigenvalue weighted by atomic mass is 9.84. The molecule has 3 heteroatoms. The number of nitrogens with two attached hydrogens (primary N) is 1. The number of pyridine rings is 1. The van der Waals surface area contributed by atoms with Gasteiger partial charge in [0, 0.05) is 12.4 Å². The van der Waals surface area contributed by atoms with Crippen molar-refractivity contribution in [1.29, 1.82) is 0 Å². The molecule has 2 rings (SSSR count). The van der Waals surface area contributed by atoms with Gasteiger partial charge in [-0.05, 0) is 48.7 Å². The summed E-state index contributed by atoms with van der Waals surface area (Å²) in [5, 5.41) is 0. The fourth-order valence-corrected chi connectivity index (χ4v) is 1.97. The van der Waals surface area contributed by atoms with E-state index in [4.69, 9.17) is 5.73 Å². The van der Waals surface area contributed by atoms with E-state index in [1.165, 1.54) is 12.1 Å². The number of nitrogens with zero attached hydrogens (tertiary/aromatic N) is 1. The molecule has 0 saturated heterocycles. The van der Waals surface area contributed by atoms with Crippen LogP contribution in [0, 0.1) is 12.7 Å². The van der Waals surface area contributed by atoms with Crippen LogP contribution in [-0.4, -0.2) is 4.98 Å². The summed E-state index contributed by atoms with van der Waals surface area (Å²) in [5.41, 5.74) is 8.29. The number of hydrogen-bond donors (Lipinski definition) is 1. The minimum absolute atomic E-state index is 0.277. The lowest BCUT2D eigenvalue weighted by Crippen LogP contribution is -2.35. The molecule has 2 aromatic rings. The van der Waals surface area contributed by atoms with E-state index in [1.54, 1.807) is 18.5 Å². The molecule has 0 saturated carbocycles. The summed E-state index contributed by atoms with van der Waals surface area (Å²) in [4.78, 5) is 4.09. The van der Waals surface area contributed by atoms with Crippen LogP contribution in [0.3, 0.4) is 0 Å². The monoisotopic (exact) mass is 230 g/mol. The molecule has 1 unspecified atom stereocenters. The number of hydrogen-bond acceptors (Lipinski definition) is 2. The van der Waals surface area contributed by atoms with Crippen LogP contribution in [0.4, 0.5) is 4.39 Å². The average molecular weight is 230 g/mol. The summed E-state index contributed by atoms with van der Waals surface area (Å²) < 4.78 is 13.2. The van der Waals surface area contributed by atoms with Gasteiger partial charge in [-0.2, -0.15) is 0 Å². The summed E-state index contributed by atoms with van der Waals surface area (Å²) >= 11 is 0. The quantitative estimate of drug-likeness (QED) is 0.861. The van der Waals surface area contributed by atoms with Crippen LogP contribution in [0.15, 0.2) is 42.7 Å². The number of aryl methyl sites for hydroxylation is 1. The predicted octanol–water partition coefficient (Wildman–Crippen LogP) is 2.75. The van der Waals surface area contributed by atoms with E-state index >= 15 is 0 Å². The maximum absolute atomic E-state index is 13.2. The molecule has 0 bridgehead atoms. The highest BCUT2D eigenvalue weighted by molar-refractivity contribution is 5.39. The second-order valence-electron chi connectivity index (χ2n) is 4.40. The first kappa shape index (κ1) is 11.7. The Kier molecular flexibility index (Phi) is 2.94. The third-order valence-electron chi connectivity index (χ3n) is 3.02. The van der Waals surface area contributed by atoms with Gasteiger partial charge in [0.25, 0.3) is 0 Å². The lowest BCUT2D eigenvalue weighted by Gasteiger charge is -2.27. The van der Waals surface area contributed by atoms with E-state index in [9.17, 15) is 4.39 Å². The maximum Gasteiger partial charge on any atom is 0.123 e. The Labute approximate surface area is 100 Å². The number of rotatable bonds is 2. The molecule has 17 heavy (non-hydrogen) atoms. The van der Waals surface area contributed by atoms with Crippen molar-refractivity contribution in [2.45, 2.75) is 19.4 Å². The van der Waals surface area contributed by atoms with E-state index in [0.717, 1.165) is 16.7 Å². The molecular formula is C14H15FN2. The Morgan fingerprint density at radius 1 is 1.29 bits per heavy atom. The summed E-state index contributed by atoms with van der Waals surface area (Å²) in [6.07, 6.45) is 3.46. The van der Waals surface area contributed by atoms with Gasteiger partial charge in [-0.15, -0.1) is 0 Å². The Balaban J connectivity index is 2.53. The minimum Gasteiger partial charge on any atom is -0.318 e. The molecule has 0 amide bonds. The van der Waals surface area contributed by atoms with E-state index < -0.39 is 5.54 Å². The van der Waals surface area contributed by atoms with Crippen molar-refractivity contribution in [3.8, 4) is 0 Å². The molecule has 2 N–H and O–H groups in total. The first-order valence-electron chi connectivity index (χ1n) is 5.48. The van der Waals surface area contributed by atoms with Gasteiger partial charge >= 0.3 is 0 Å². The molecule has 1 heterocycles. The van der Waals surface area contributed by atoms with Crippen molar-refractivity contribution in [2.24, 2.45) is 5.73 Å². The first-order valence-corrected chi connectivity index (χ1v) is 5.48. The predicted molar refractivity (Wildman–Crippen MR) is 66.0 cm³/mol. The molecule has 0 aliphatic rings. The van der Waals surface area contributed by atoms with Gasteiger partial charge in [-0.1, -0.05) is 12.1 Å². The van der Waals surface area contributed by atoms with E-state index in [1.807, 2.05) is 26.0 Å². The SMILES string of the molecule is Cc1ccncc1C(C)(N)c1cccc(F)c1. The summed E-state index contributed by atoms with van der Waals surface area (Å²) in [6, 6.07) is 8.28. The maximum atomic E-state index is 13.2. The third-order valence-corrected chi connectivity index (χ3v) is 3.02. The van der Waals surface area contributed by atoms with Crippen molar-refractivity contribution in [3.63, 3.8) is 0 Å². The molecule has 1 atom stereocenters. The summed E-state index contributed by atoms with van der Waals surface area (Å²) in [6.45, 7) is 3.84. The fourth-order valence-electron chi connectivity index (χ4n) is 1.97. The van der Waals surface area contributed by atoms with E-state index in [-0.39, 0.29) is 5.82 Å². The molecule has 2 nitrogen and oxygen atoms in total. The highest BCUT2D eigenvalue weighted by Crippen LogP contribution is 2.28. The summed E-state index contributed by atoms with van der Waals surface area (Å²) in [5.74, 6) is -0.277. The molecule has 1 aromatic carbocycles. The highest BCUT2D eigenvalue weighted by atomic mass is 19.1. The van der Waals surface area contributed by atoms with Crippen molar-refractivity contribution in [3.05, 3.63) is 65.2 Å². The Hall–Kier alpha value is -1.74. The van der Waals surface area contributed by atoms with Crippen LogP contribution in [0.2, 0.25) is 0 Å². The van der Waals surface area contributed by atoms with Crippen LogP contribution in [-0.2, 0) is 5.54 Å². The van der Waals surface area contributed by atoms with Crippen LogP contribution < -0.4 is 5.73 Å². The largest absolute Gasteiger partial charge is 0.318 e. The molecule has 1 aromatic heterocycles. The zero-order valence-electron chi connectivity index (χ0n) is 9.94. The van der Waals surface area contributed by atoms with E-state index in [0.29, 0.717) is 0 Å². The zero-order valence-corrected chi connectivity index (χ0v) is 9.94. The van der Waals surface area contributed by atoms with Crippen molar-refractivity contribution >= 4 is 0 Å². The van der Waals surface area contributed by atoms with Crippen LogP contribution >= 0.6 is 0 Å². The number of halogens is 1. The van der Waals surface area contributed by atoms with Crippen molar-refractivity contribution < 1.29 is 4.39 Å². The van der Waals surface area contributed by atoms with Crippen molar-refractivity contribution in [2.75, 3.05) is 0 Å².